The van der Waals surface area contributed by atoms with E-state index in [-0.39, 0.29) is 11.8 Å². The van der Waals surface area contributed by atoms with Crippen LogP contribution in [0.1, 0.15) is 77.9 Å². The fourth-order valence-electron chi connectivity index (χ4n) is 3.72. The standard InChI is InChI=1S/C18H26N2O2S/c21-17(11-4-8-13-6-2-1-3-7-13)19-20-18(22)16-12-14-9-5-10-15(14)23-16/h12-13H,1-11H2,(H,19,21)(H,20,22). The van der Waals surface area contributed by atoms with Crippen molar-refractivity contribution in [1.82, 2.24) is 10.9 Å². The lowest BCUT2D eigenvalue weighted by atomic mass is 9.86. The van der Waals surface area contributed by atoms with E-state index in [1.165, 1.54) is 49.0 Å². The van der Waals surface area contributed by atoms with Gasteiger partial charge >= 0.3 is 0 Å². The van der Waals surface area contributed by atoms with Gasteiger partial charge in [0, 0.05) is 11.3 Å². The number of nitrogens with one attached hydrogen (secondary N) is 2. The molecule has 0 aromatic carbocycles. The van der Waals surface area contributed by atoms with Crippen LogP contribution in [0.25, 0.3) is 0 Å². The van der Waals surface area contributed by atoms with E-state index in [0.717, 1.165) is 31.6 Å². The molecule has 1 fully saturated rings. The molecule has 0 aliphatic heterocycles. The molecule has 0 spiro atoms. The molecule has 3 rings (SSSR count). The van der Waals surface area contributed by atoms with Crippen LogP contribution in [-0.4, -0.2) is 11.8 Å². The fourth-order valence-corrected chi connectivity index (χ4v) is 4.87. The molecular weight excluding hydrogens is 308 g/mol. The minimum atomic E-state index is -0.190. The minimum Gasteiger partial charge on any atom is -0.273 e. The number of thiophene rings is 1. The second kappa shape index (κ2) is 7.95. The molecule has 0 atom stereocenters. The van der Waals surface area contributed by atoms with E-state index in [9.17, 15) is 9.59 Å². The Labute approximate surface area is 142 Å². The number of rotatable bonds is 5. The van der Waals surface area contributed by atoms with Crippen LogP contribution in [0.4, 0.5) is 0 Å². The number of fused-ring (bicyclic) bond motifs is 1. The molecule has 0 saturated heterocycles. The first-order chi connectivity index (χ1) is 11.2. The number of hydrogen-bond acceptors (Lipinski definition) is 3. The molecule has 4 nitrogen and oxygen atoms in total. The molecule has 23 heavy (non-hydrogen) atoms. The summed E-state index contributed by atoms with van der Waals surface area (Å²) >= 11 is 1.56. The van der Waals surface area contributed by atoms with Crippen molar-refractivity contribution in [3.8, 4) is 0 Å². The number of aryl methyl sites for hydroxylation is 2. The van der Waals surface area contributed by atoms with Crippen LogP contribution < -0.4 is 10.9 Å². The zero-order valence-electron chi connectivity index (χ0n) is 13.7. The number of hydrogen-bond donors (Lipinski definition) is 2. The molecule has 0 radical (unpaired) electrons. The molecule has 1 aromatic heterocycles. The van der Waals surface area contributed by atoms with Gasteiger partial charge in [0.15, 0.2) is 0 Å². The lowest BCUT2D eigenvalue weighted by Crippen LogP contribution is -2.41. The van der Waals surface area contributed by atoms with E-state index in [0.29, 0.717) is 11.3 Å². The molecule has 2 amide bonds. The summed E-state index contributed by atoms with van der Waals surface area (Å²) in [6, 6.07) is 1.97. The lowest BCUT2D eigenvalue weighted by Gasteiger charge is -2.21. The smallest absolute Gasteiger partial charge is 0.273 e. The van der Waals surface area contributed by atoms with Crippen LogP contribution in [0.5, 0.6) is 0 Å². The summed E-state index contributed by atoms with van der Waals surface area (Å²) < 4.78 is 0. The Morgan fingerprint density at radius 2 is 1.91 bits per heavy atom. The van der Waals surface area contributed by atoms with E-state index < -0.39 is 0 Å². The number of carbonyl (C=O) groups excluding carboxylic acids is 2. The number of carbonyl (C=O) groups is 2. The van der Waals surface area contributed by atoms with E-state index in [4.69, 9.17) is 0 Å². The summed E-state index contributed by atoms with van der Waals surface area (Å²) in [6.45, 7) is 0. The number of hydrazine groups is 1. The monoisotopic (exact) mass is 334 g/mol. The van der Waals surface area contributed by atoms with Crippen molar-refractivity contribution < 1.29 is 9.59 Å². The average molecular weight is 334 g/mol. The van der Waals surface area contributed by atoms with Gasteiger partial charge in [-0.1, -0.05) is 32.1 Å². The zero-order chi connectivity index (χ0) is 16.1. The van der Waals surface area contributed by atoms with Crippen molar-refractivity contribution in [3.05, 3.63) is 21.4 Å². The van der Waals surface area contributed by atoms with E-state index in [2.05, 4.69) is 10.9 Å². The van der Waals surface area contributed by atoms with Crippen LogP contribution in [-0.2, 0) is 17.6 Å². The highest BCUT2D eigenvalue weighted by Crippen LogP contribution is 2.30. The van der Waals surface area contributed by atoms with E-state index in [1.807, 2.05) is 6.07 Å². The molecule has 5 heteroatoms. The van der Waals surface area contributed by atoms with Gasteiger partial charge in [-0.3, -0.25) is 20.4 Å². The van der Waals surface area contributed by atoms with Crippen molar-refractivity contribution in [2.75, 3.05) is 0 Å². The molecule has 126 valence electrons. The first kappa shape index (κ1) is 16.5. The van der Waals surface area contributed by atoms with Gasteiger partial charge in [-0.15, -0.1) is 11.3 Å². The molecule has 1 saturated carbocycles. The number of amides is 2. The van der Waals surface area contributed by atoms with Gasteiger partial charge in [-0.2, -0.15) is 0 Å². The van der Waals surface area contributed by atoms with Gasteiger partial charge < -0.3 is 0 Å². The predicted octanol–water partition coefficient (Wildman–Crippen LogP) is 3.75. The maximum absolute atomic E-state index is 12.1. The van der Waals surface area contributed by atoms with Crippen molar-refractivity contribution >= 4 is 23.2 Å². The summed E-state index contributed by atoms with van der Waals surface area (Å²) in [4.78, 5) is 25.9. The van der Waals surface area contributed by atoms with Gasteiger partial charge in [0.05, 0.1) is 4.88 Å². The van der Waals surface area contributed by atoms with E-state index >= 15 is 0 Å². The van der Waals surface area contributed by atoms with Crippen molar-refractivity contribution in [2.45, 2.75) is 70.6 Å². The molecule has 0 unspecified atom stereocenters. The summed E-state index contributed by atoms with van der Waals surface area (Å²) in [6.07, 6.45) is 12.6. The maximum Gasteiger partial charge on any atom is 0.279 e. The topological polar surface area (TPSA) is 58.2 Å². The normalized spacial score (nSPS) is 17.7. The van der Waals surface area contributed by atoms with Crippen LogP contribution in [0, 0.1) is 5.92 Å². The highest BCUT2D eigenvalue weighted by Gasteiger charge is 2.19. The van der Waals surface area contributed by atoms with Crippen LogP contribution in [0.3, 0.4) is 0 Å². The molecule has 0 bridgehead atoms. The summed E-state index contributed by atoms with van der Waals surface area (Å²) in [5.41, 5.74) is 6.40. The second-order valence-corrected chi connectivity index (χ2v) is 7.95. The minimum absolute atomic E-state index is 0.0849. The third-order valence-corrected chi connectivity index (χ3v) is 6.26. The molecule has 1 aromatic rings. The molecule has 2 aliphatic rings. The Morgan fingerprint density at radius 1 is 1.09 bits per heavy atom. The van der Waals surface area contributed by atoms with Gasteiger partial charge in [0.2, 0.25) is 5.91 Å². The van der Waals surface area contributed by atoms with Gasteiger partial charge in [0.1, 0.15) is 0 Å². The quantitative estimate of drug-likeness (QED) is 0.806. The second-order valence-electron chi connectivity index (χ2n) is 6.81. The Morgan fingerprint density at radius 3 is 2.70 bits per heavy atom. The largest absolute Gasteiger partial charge is 0.279 e. The van der Waals surface area contributed by atoms with Gasteiger partial charge in [-0.25, -0.2) is 0 Å². The van der Waals surface area contributed by atoms with Crippen molar-refractivity contribution in [3.63, 3.8) is 0 Å². The summed E-state index contributed by atoms with van der Waals surface area (Å²) in [5, 5.41) is 0. The van der Waals surface area contributed by atoms with Crippen LogP contribution >= 0.6 is 11.3 Å². The van der Waals surface area contributed by atoms with Gasteiger partial charge in [-0.05, 0) is 49.7 Å². The predicted molar refractivity (Wildman–Crippen MR) is 92.4 cm³/mol. The Balaban J connectivity index is 1.34. The van der Waals surface area contributed by atoms with E-state index in [1.54, 1.807) is 11.3 Å². The third-order valence-electron chi connectivity index (χ3n) is 5.03. The Bertz CT molecular complexity index is 540. The highest BCUT2D eigenvalue weighted by molar-refractivity contribution is 7.14. The highest BCUT2D eigenvalue weighted by atomic mass is 32.1. The van der Waals surface area contributed by atoms with Crippen molar-refractivity contribution in [2.24, 2.45) is 5.92 Å². The molecule has 2 N–H and O–H groups in total. The Hall–Kier alpha value is -1.36. The van der Waals surface area contributed by atoms with Gasteiger partial charge in [0.25, 0.3) is 5.91 Å². The fraction of sp³-hybridized carbons (Fsp3) is 0.667. The SMILES string of the molecule is O=C(CCCC1CCCCC1)NNC(=O)c1cc2c(s1)CCC2. The Kier molecular flexibility index (Phi) is 5.70. The molecule has 1 heterocycles. The average Bonchev–Trinajstić information content (AvgIpc) is 3.15. The summed E-state index contributed by atoms with van der Waals surface area (Å²) in [7, 11) is 0. The third kappa shape index (κ3) is 4.56. The first-order valence-electron chi connectivity index (χ1n) is 8.93. The summed E-state index contributed by atoms with van der Waals surface area (Å²) in [5.74, 6) is 0.530. The maximum atomic E-state index is 12.1. The van der Waals surface area contributed by atoms with Crippen molar-refractivity contribution in [1.29, 1.82) is 0 Å². The molecular formula is C18H26N2O2S. The molecule has 2 aliphatic carbocycles. The first-order valence-corrected chi connectivity index (χ1v) is 9.75. The van der Waals surface area contributed by atoms with Crippen LogP contribution in [0.15, 0.2) is 6.07 Å². The lowest BCUT2D eigenvalue weighted by molar-refractivity contribution is -0.122. The zero-order valence-corrected chi connectivity index (χ0v) is 14.5. The van der Waals surface area contributed by atoms with Crippen LogP contribution in [0.2, 0.25) is 0 Å².